The largest absolute Gasteiger partial charge is 0.375 e. The molecule has 0 fully saturated rings. The van der Waals surface area contributed by atoms with Gasteiger partial charge in [0.1, 0.15) is 0 Å². The number of hydrogen-bond acceptors (Lipinski definition) is 5. The summed E-state index contributed by atoms with van der Waals surface area (Å²) in [5.74, 6) is 0. The molecular weight excluding hydrogens is 256 g/mol. The van der Waals surface area contributed by atoms with Gasteiger partial charge in [0, 0.05) is 23.1 Å². The fourth-order valence-electron chi connectivity index (χ4n) is 2.18. The second-order valence-corrected chi connectivity index (χ2v) is 7.15. The Morgan fingerprint density at radius 3 is 2.88 bits per heavy atom. The number of anilines is 1. The van der Waals surface area contributed by atoms with Crippen molar-refractivity contribution >= 4 is 26.3 Å². The Kier molecular flexibility index (Phi) is 2.08. The van der Waals surface area contributed by atoms with Gasteiger partial charge in [0.25, 0.3) is 0 Å². The highest BCUT2D eigenvalue weighted by Gasteiger charge is 2.27. The standard InChI is InChI=1S/C11H10N2O2S2/c1-17(14,15)9-4-2-3-6-7(9)5-8-10(6)13-11(12)16-8/h2-4H,5H2,1H3,(H2,12,13). The van der Waals surface area contributed by atoms with Crippen molar-refractivity contribution in [2.45, 2.75) is 11.3 Å². The van der Waals surface area contributed by atoms with Gasteiger partial charge in [0.05, 0.1) is 10.6 Å². The second kappa shape index (κ2) is 3.30. The lowest BCUT2D eigenvalue weighted by molar-refractivity contribution is 0.601. The van der Waals surface area contributed by atoms with E-state index in [9.17, 15) is 8.42 Å². The van der Waals surface area contributed by atoms with Gasteiger partial charge in [-0.15, -0.1) is 11.3 Å². The van der Waals surface area contributed by atoms with Crippen LogP contribution in [0.5, 0.6) is 0 Å². The van der Waals surface area contributed by atoms with Crippen molar-refractivity contribution in [1.29, 1.82) is 0 Å². The normalized spacial score (nSPS) is 13.5. The zero-order valence-electron chi connectivity index (χ0n) is 9.10. The molecule has 0 saturated heterocycles. The molecule has 0 unspecified atom stereocenters. The molecule has 17 heavy (non-hydrogen) atoms. The molecule has 1 heterocycles. The smallest absolute Gasteiger partial charge is 0.180 e. The molecule has 1 aromatic heterocycles. The number of nitrogen functional groups attached to an aromatic ring is 1. The molecule has 0 aliphatic heterocycles. The highest BCUT2D eigenvalue weighted by atomic mass is 32.2. The van der Waals surface area contributed by atoms with Gasteiger partial charge < -0.3 is 5.73 Å². The quantitative estimate of drug-likeness (QED) is 0.727. The summed E-state index contributed by atoms with van der Waals surface area (Å²) in [5, 5.41) is 0.533. The number of benzene rings is 1. The molecule has 0 saturated carbocycles. The SMILES string of the molecule is CS(=O)(=O)c1cccc2c1Cc1sc(N)nc1-2. The van der Waals surface area contributed by atoms with E-state index in [1.165, 1.54) is 17.6 Å². The highest BCUT2D eigenvalue weighted by molar-refractivity contribution is 7.90. The van der Waals surface area contributed by atoms with Crippen molar-refractivity contribution in [2.75, 3.05) is 12.0 Å². The molecule has 1 aromatic carbocycles. The van der Waals surface area contributed by atoms with Gasteiger partial charge in [-0.2, -0.15) is 0 Å². The van der Waals surface area contributed by atoms with E-state index in [0.717, 1.165) is 21.7 Å². The second-order valence-electron chi connectivity index (χ2n) is 4.06. The van der Waals surface area contributed by atoms with E-state index in [-0.39, 0.29) is 0 Å². The Morgan fingerprint density at radius 2 is 2.18 bits per heavy atom. The Balaban J connectivity index is 2.30. The van der Waals surface area contributed by atoms with Gasteiger partial charge >= 0.3 is 0 Å². The van der Waals surface area contributed by atoms with Crippen LogP contribution >= 0.6 is 11.3 Å². The molecule has 0 spiro atoms. The Bertz CT molecular complexity index is 717. The molecule has 2 aromatic rings. The molecule has 0 radical (unpaired) electrons. The minimum atomic E-state index is -3.19. The zero-order valence-corrected chi connectivity index (χ0v) is 10.7. The molecule has 2 N–H and O–H groups in total. The number of sulfone groups is 1. The summed E-state index contributed by atoms with van der Waals surface area (Å²) < 4.78 is 23.4. The first-order valence-corrected chi connectivity index (χ1v) is 7.75. The van der Waals surface area contributed by atoms with Gasteiger partial charge in [0.2, 0.25) is 0 Å². The van der Waals surface area contributed by atoms with Gasteiger partial charge in [-0.1, -0.05) is 12.1 Å². The maximum absolute atomic E-state index is 11.7. The molecule has 3 rings (SSSR count). The zero-order chi connectivity index (χ0) is 12.2. The van der Waals surface area contributed by atoms with Gasteiger partial charge in [-0.05, 0) is 11.6 Å². The molecule has 6 heteroatoms. The fraction of sp³-hybridized carbons (Fsp3) is 0.182. The Hall–Kier alpha value is -1.40. The third-order valence-electron chi connectivity index (χ3n) is 2.84. The monoisotopic (exact) mass is 266 g/mol. The van der Waals surface area contributed by atoms with E-state index < -0.39 is 9.84 Å². The predicted octanol–water partition coefficient (Wildman–Crippen LogP) is 1.70. The van der Waals surface area contributed by atoms with Crippen LogP contribution in [0.4, 0.5) is 5.13 Å². The molecular formula is C11H10N2O2S2. The number of aromatic nitrogens is 1. The summed E-state index contributed by atoms with van der Waals surface area (Å²) in [6.45, 7) is 0. The minimum Gasteiger partial charge on any atom is -0.375 e. The van der Waals surface area contributed by atoms with E-state index in [1.807, 2.05) is 6.07 Å². The topological polar surface area (TPSA) is 73.0 Å². The van der Waals surface area contributed by atoms with E-state index in [2.05, 4.69) is 4.98 Å². The van der Waals surface area contributed by atoms with E-state index >= 15 is 0 Å². The molecule has 0 atom stereocenters. The number of rotatable bonds is 1. The van der Waals surface area contributed by atoms with Crippen LogP contribution in [0, 0.1) is 0 Å². The van der Waals surface area contributed by atoms with Crippen LogP contribution in [0.1, 0.15) is 10.4 Å². The highest BCUT2D eigenvalue weighted by Crippen LogP contribution is 2.42. The number of fused-ring (bicyclic) bond motifs is 3. The minimum absolute atomic E-state index is 0.402. The lowest BCUT2D eigenvalue weighted by Crippen LogP contribution is -2.01. The number of thiazole rings is 1. The first-order valence-electron chi connectivity index (χ1n) is 5.04. The van der Waals surface area contributed by atoms with Gasteiger partial charge in [0.15, 0.2) is 15.0 Å². The van der Waals surface area contributed by atoms with Crippen molar-refractivity contribution in [1.82, 2.24) is 4.98 Å². The Morgan fingerprint density at radius 1 is 1.41 bits per heavy atom. The summed E-state index contributed by atoms with van der Waals surface area (Å²) in [6.07, 6.45) is 1.85. The van der Waals surface area contributed by atoms with Crippen LogP contribution < -0.4 is 5.73 Å². The number of nitrogens with two attached hydrogens (primary N) is 1. The summed E-state index contributed by atoms with van der Waals surface area (Å²) >= 11 is 1.42. The summed E-state index contributed by atoms with van der Waals surface area (Å²) in [6, 6.07) is 5.29. The van der Waals surface area contributed by atoms with Crippen LogP contribution in [0.2, 0.25) is 0 Å². The van der Waals surface area contributed by atoms with Crippen molar-refractivity contribution in [2.24, 2.45) is 0 Å². The molecule has 0 amide bonds. The lowest BCUT2D eigenvalue weighted by atomic mass is 10.1. The molecule has 4 nitrogen and oxygen atoms in total. The van der Waals surface area contributed by atoms with Crippen molar-refractivity contribution in [3.63, 3.8) is 0 Å². The van der Waals surface area contributed by atoms with E-state index in [0.29, 0.717) is 16.4 Å². The average Bonchev–Trinajstić information content (AvgIpc) is 2.71. The van der Waals surface area contributed by atoms with Crippen molar-refractivity contribution < 1.29 is 8.42 Å². The lowest BCUT2D eigenvalue weighted by Gasteiger charge is -2.05. The maximum Gasteiger partial charge on any atom is 0.180 e. The van der Waals surface area contributed by atoms with Crippen LogP contribution in [-0.2, 0) is 16.3 Å². The summed E-state index contributed by atoms with van der Waals surface area (Å²) in [5.41, 5.74) is 8.25. The van der Waals surface area contributed by atoms with Crippen LogP contribution in [-0.4, -0.2) is 19.7 Å². The Labute approximate surface area is 103 Å². The van der Waals surface area contributed by atoms with Crippen molar-refractivity contribution in [3.8, 4) is 11.3 Å². The van der Waals surface area contributed by atoms with Gasteiger partial charge in [-0.25, -0.2) is 13.4 Å². The molecule has 88 valence electrons. The molecule has 0 bridgehead atoms. The predicted molar refractivity (Wildman–Crippen MR) is 67.9 cm³/mol. The average molecular weight is 266 g/mol. The number of nitrogens with zero attached hydrogens (tertiary/aromatic N) is 1. The van der Waals surface area contributed by atoms with E-state index in [4.69, 9.17) is 5.73 Å². The third kappa shape index (κ3) is 1.56. The molecule has 1 aliphatic rings. The number of hydrogen-bond donors (Lipinski definition) is 1. The van der Waals surface area contributed by atoms with Crippen LogP contribution in [0.25, 0.3) is 11.3 Å². The fourth-order valence-corrected chi connectivity index (χ4v) is 3.99. The van der Waals surface area contributed by atoms with Crippen LogP contribution in [0.3, 0.4) is 0 Å². The van der Waals surface area contributed by atoms with E-state index in [1.54, 1.807) is 12.1 Å². The first-order chi connectivity index (χ1) is 7.97. The van der Waals surface area contributed by atoms with Crippen molar-refractivity contribution in [3.05, 3.63) is 28.6 Å². The van der Waals surface area contributed by atoms with Gasteiger partial charge in [-0.3, -0.25) is 0 Å². The van der Waals surface area contributed by atoms with Crippen LogP contribution in [0.15, 0.2) is 23.1 Å². The summed E-state index contributed by atoms with van der Waals surface area (Å²) in [4.78, 5) is 5.71. The maximum atomic E-state index is 11.7. The summed E-state index contributed by atoms with van der Waals surface area (Å²) in [7, 11) is -3.19. The third-order valence-corrected chi connectivity index (χ3v) is 4.90. The molecule has 1 aliphatic carbocycles. The first kappa shape index (κ1) is 10.7.